The van der Waals surface area contributed by atoms with Crippen LogP contribution < -0.4 is 10.5 Å². The molecule has 0 atom stereocenters. The van der Waals surface area contributed by atoms with Gasteiger partial charge in [-0.3, -0.25) is 4.72 Å². The Labute approximate surface area is 111 Å². The molecule has 19 heavy (non-hydrogen) atoms. The number of hydrogen-bond donors (Lipinski definition) is 2. The minimum absolute atomic E-state index is 0.0366. The molecule has 0 aliphatic heterocycles. The summed E-state index contributed by atoms with van der Waals surface area (Å²) in [7, 11) is -2.01. The summed E-state index contributed by atoms with van der Waals surface area (Å²) in [5.41, 5.74) is 6.70. The zero-order valence-corrected chi connectivity index (χ0v) is 11.7. The van der Waals surface area contributed by atoms with Gasteiger partial charge in [0.2, 0.25) is 0 Å². The largest absolute Gasteiger partial charge is 0.397 e. The lowest BCUT2D eigenvalue weighted by Gasteiger charge is -2.08. The smallest absolute Gasteiger partial charge is 0.282 e. The first-order chi connectivity index (χ1) is 8.79. The molecule has 0 fully saturated rings. The van der Waals surface area contributed by atoms with E-state index in [0.29, 0.717) is 17.1 Å². The van der Waals surface area contributed by atoms with Crippen molar-refractivity contribution in [2.45, 2.75) is 18.9 Å². The van der Waals surface area contributed by atoms with Gasteiger partial charge in [0, 0.05) is 13.2 Å². The predicted octanol–water partition coefficient (Wildman–Crippen LogP) is 0.815. The molecule has 0 spiro atoms. The maximum atomic E-state index is 12.1. The maximum absolute atomic E-state index is 12.1. The van der Waals surface area contributed by atoms with E-state index in [1.807, 2.05) is 0 Å². The Morgan fingerprint density at radius 1 is 1.37 bits per heavy atom. The quantitative estimate of drug-likeness (QED) is 0.866. The van der Waals surface area contributed by atoms with Crippen LogP contribution in [0.2, 0.25) is 0 Å². The number of sulfonamides is 1. The van der Waals surface area contributed by atoms with Crippen LogP contribution in [0.3, 0.4) is 0 Å². The van der Waals surface area contributed by atoms with E-state index in [4.69, 9.17) is 5.73 Å². The monoisotopic (exact) mass is 281 g/mol. The molecule has 0 unspecified atom stereocenters. The van der Waals surface area contributed by atoms with Crippen LogP contribution in [0.25, 0.3) is 0 Å². The molecular weight excluding hydrogens is 266 g/mol. The van der Waals surface area contributed by atoms with Crippen molar-refractivity contribution < 1.29 is 8.42 Å². The highest BCUT2D eigenvalue weighted by Crippen LogP contribution is 2.18. The molecule has 7 nitrogen and oxygen atoms in total. The summed E-state index contributed by atoms with van der Waals surface area (Å²) in [6.45, 7) is 3.45. The Balaban J connectivity index is 2.36. The molecule has 102 valence electrons. The molecule has 3 N–H and O–H groups in total. The van der Waals surface area contributed by atoms with Crippen molar-refractivity contribution in [3.05, 3.63) is 29.8 Å². The molecule has 0 bridgehead atoms. The SMILES string of the molecule is Cc1cc(N)cnc1NS(=O)(=O)c1cn(C)c(C)n1. The average Bonchev–Trinajstić information content (AvgIpc) is 2.64. The summed E-state index contributed by atoms with van der Waals surface area (Å²) in [6, 6.07) is 1.65. The van der Waals surface area contributed by atoms with Crippen LogP contribution in [0.5, 0.6) is 0 Å². The van der Waals surface area contributed by atoms with Crippen molar-refractivity contribution >= 4 is 21.5 Å². The van der Waals surface area contributed by atoms with Crippen LogP contribution in [0.15, 0.2) is 23.5 Å². The molecule has 0 aliphatic carbocycles. The number of rotatable bonds is 3. The average molecular weight is 281 g/mol. The molecule has 2 rings (SSSR count). The highest BCUT2D eigenvalue weighted by molar-refractivity contribution is 7.92. The summed E-state index contributed by atoms with van der Waals surface area (Å²) < 4.78 is 28.3. The molecule has 2 aromatic heterocycles. The van der Waals surface area contributed by atoms with Crippen LogP contribution in [0.1, 0.15) is 11.4 Å². The van der Waals surface area contributed by atoms with Crippen LogP contribution in [0, 0.1) is 13.8 Å². The number of anilines is 2. The third-order valence-electron chi connectivity index (χ3n) is 2.69. The summed E-state index contributed by atoms with van der Waals surface area (Å²) in [6.07, 6.45) is 2.85. The number of hydrogen-bond acceptors (Lipinski definition) is 5. The zero-order valence-electron chi connectivity index (χ0n) is 10.9. The minimum Gasteiger partial charge on any atom is -0.397 e. The number of imidazole rings is 1. The minimum atomic E-state index is -3.74. The van der Waals surface area contributed by atoms with Gasteiger partial charge in [0.1, 0.15) is 11.6 Å². The third kappa shape index (κ3) is 2.68. The molecule has 0 aromatic carbocycles. The number of pyridine rings is 1. The number of nitrogens with zero attached hydrogens (tertiary/aromatic N) is 3. The second-order valence-corrected chi connectivity index (χ2v) is 5.91. The molecule has 0 aliphatic rings. The fourth-order valence-electron chi connectivity index (χ4n) is 1.54. The van der Waals surface area contributed by atoms with Crippen molar-refractivity contribution in [1.82, 2.24) is 14.5 Å². The van der Waals surface area contributed by atoms with E-state index in [1.165, 1.54) is 12.4 Å². The number of nitrogens with one attached hydrogen (secondary N) is 1. The van der Waals surface area contributed by atoms with Gasteiger partial charge in [-0.2, -0.15) is 8.42 Å². The van der Waals surface area contributed by atoms with Gasteiger partial charge in [0.15, 0.2) is 5.03 Å². The second kappa shape index (κ2) is 4.54. The third-order valence-corrected chi connectivity index (χ3v) is 3.90. The first-order valence-electron chi connectivity index (χ1n) is 5.54. The summed E-state index contributed by atoms with van der Waals surface area (Å²) in [4.78, 5) is 7.95. The Bertz CT molecular complexity index is 701. The molecule has 0 amide bonds. The number of aryl methyl sites for hydroxylation is 3. The van der Waals surface area contributed by atoms with E-state index < -0.39 is 10.0 Å². The number of nitrogens with two attached hydrogens (primary N) is 1. The lowest BCUT2D eigenvalue weighted by molar-refractivity contribution is 0.597. The summed E-state index contributed by atoms with van der Waals surface area (Å²) >= 11 is 0. The summed E-state index contributed by atoms with van der Waals surface area (Å²) in [5.74, 6) is 0.861. The van der Waals surface area contributed by atoms with E-state index in [2.05, 4.69) is 14.7 Å². The Hall–Kier alpha value is -2.09. The first kappa shape index (κ1) is 13.3. The van der Waals surface area contributed by atoms with Crippen molar-refractivity contribution in [3.63, 3.8) is 0 Å². The van der Waals surface area contributed by atoms with Crippen molar-refractivity contribution in [2.24, 2.45) is 7.05 Å². The predicted molar refractivity (Wildman–Crippen MR) is 72.1 cm³/mol. The lowest BCUT2D eigenvalue weighted by atomic mass is 10.3. The maximum Gasteiger partial charge on any atom is 0.282 e. The van der Waals surface area contributed by atoms with E-state index in [1.54, 1.807) is 31.5 Å². The van der Waals surface area contributed by atoms with E-state index in [-0.39, 0.29) is 10.8 Å². The topological polar surface area (TPSA) is 103 Å². The standard InChI is InChI=1S/C11H15N5O2S/c1-7-4-9(12)5-13-11(7)15-19(17,18)10-6-16(3)8(2)14-10/h4-6H,12H2,1-3H3,(H,13,15). The molecular formula is C11H15N5O2S. The van der Waals surface area contributed by atoms with E-state index in [9.17, 15) is 8.42 Å². The summed E-state index contributed by atoms with van der Waals surface area (Å²) in [5, 5.41) is -0.0366. The van der Waals surface area contributed by atoms with Crippen LogP contribution in [-0.4, -0.2) is 23.0 Å². The van der Waals surface area contributed by atoms with Gasteiger partial charge in [-0.1, -0.05) is 0 Å². The molecule has 2 heterocycles. The van der Waals surface area contributed by atoms with Crippen molar-refractivity contribution in [1.29, 1.82) is 0 Å². The lowest BCUT2D eigenvalue weighted by Crippen LogP contribution is -2.15. The van der Waals surface area contributed by atoms with Gasteiger partial charge in [0.05, 0.1) is 11.9 Å². The molecule has 2 aromatic rings. The Kier molecular flexibility index (Phi) is 3.19. The fourth-order valence-corrected chi connectivity index (χ4v) is 2.66. The van der Waals surface area contributed by atoms with Crippen molar-refractivity contribution in [2.75, 3.05) is 10.5 Å². The van der Waals surface area contributed by atoms with E-state index >= 15 is 0 Å². The Morgan fingerprint density at radius 2 is 2.05 bits per heavy atom. The van der Waals surface area contributed by atoms with Gasteiger partial charge in [0.25, 0.3) is 10.0 Å². The van der Waals surface area contributed by atoms with Gasteiger partial charge in [-0.15, -0.1) is 0 Å². The molecule has 0 radical (unpaired) electrons. The molecule has 0 saturated heterocycles. The van der Waals surface area contributed by atoms with Crippen LogP contribution >= 0.6 is 0 Å². The first-order valence-corrected chi connectivity index (χ1v) is 7.03. The number of aromatic nitrogens is 3. The highest BCUT2D eigenvalue weighted by Gasteiger charge is 2.20. The van der Waals surface area contributed by atoms with Crippen molar-refractivity contribution in [3.8, 4) is 0 Å². The van der Waals surface area contributed by atoms with Gasteiger partial charge < -0.3 is 10.3 Å². The van der Waals surface area contributed by atoms with Gasteiger partial charge in [-0.25, -0.2) is 9.97 Å². The normalized spacial score (nSPS) is 11.5. The van der Waals surface area contributed by atoms with Crippen LogP contribution in [-0.2, 0) is 17.1 Å². The van der Waals surface area contributed by atoms with Gasteiger partial charge in [-0.05, 0) is 25.5 Å². The number of nitrogen functional groups attached to an aromatic ring is 1. The highest BCUT2D eigenvalue weighted by atomic mass is 32.2. The second-order valence-electron chi connectivity index (χ2n) is 4.28. The van der Waals surface area contributed by atoms with E-state index in [0.717, 1.165) is 0 Å². The molecule has 0 saturated carbocycles. The Morgan fingerprint density at radius 3 is 2.58 bits per heavy atom. The zero-order chi connectivity index (χ0) is 14.2. The fraction of sp³-hybridized carbons (Fsp3) is 0.273. The molecule has 8 heteroatoms. The van der Waals surface area contributed by atoms with Gasteiger partial charge >= 0.3 is 0 Å². The van der Waals surface area contributed by atoms with Crippen LogP contribution in [0.4, 0.5) is 11.5 Å².